The van der Waals surface area contributed by atoms with Gasteiger partial charge in [0.1, 0.15) is 0 Å². The first-order valence-electron chi connectivity index (χ1n) is 7.59. The van der Waals surface area contributed by atoms with Gasteiger partial charge in [-0.3, -0.25) is 9.59 Å². The Morgan fingerprint density at radius 1 is 1.29 bits per heavy atom. The molecule has 3 N–H and O–H groups in total. The summed E-state index contributed by atoms with van der Waals surface area (Å²) in [6.07, 6.45) is -5.10. The zero-order chi connectivity index (χ0) is 18.0. The molecule has 0 aromatic heterocycles. The van der Waals surface area contributed by atoms with E-state index in [0.717, 1.165) is 0 Å². The number of aliphatic hydroxyl groups is 1. The fourth-order valence-electron chi connectivity index (χ4n) is 2.80. The van der Waals surface area contributed by atoms with Crippen molar-refractivity contribution in [2.45, 2.75) is 37.5 Å². The van der Waals surface area contributed by atoms with Crippen molar-refractivity contribution in [2.24, 2.45) is 5.73 Å². The van der Waals surface area contributed by atoms with E-state index in [0.29, 0.717) is 13.0 Å². The number of alkyl halides is 3. The van der Waals surface area contributed by atoms with E-state index in [-0.39, 0.29) is 30.5 Å². The maximum Gasteiger partial charge on any atom is 0.389 e. The number of piperidine rings is 1. The fourth-order valence-corrected chi connectivity index (χ4v) is 2.80. The number of primary amides is 1. The van der Waals surface area contributed by atoms with Crippen molar-refractivity contribution in [3.8, 4) is 0 Å². The normalized spacial score (nSPS) is 21.6. The summed E-state index contributed by atoms with van der Waals surface area (Å²) in [5.41, 5.74) is 3.81. The topological polar surface area (TPSA) is 83.6 Å². The number of carbonyl (C=O) groups excluding carboxylic acids is 2. The lowest BCUT2D eigenvalue weighted by molar-refractivity contribution is -0.140. The summed E-state index contributed by atoms with van der Waals surface area (Å²) < 4.78 is 37.3. The zero-order valence-corrected chi connectivity index (χ0v) is 13.0. The smallest absolute Gasteiger partial charge is 0.378 e. The highest BCUT2D eigenvalue weighted by Gasteiger charge is 2.40. The molecule has 0 aliphatic carbocycles. The molecule has 1 atom stereocenters. The molecule has 0 radical (unpaired) electrons. The second-order valence-electron chi connectivity index (χ2n) is 6.00. The number of nitrogens with zero attached hydrogens (tertiary/aromatic N) is 1. The highest BCUT2D eigenvalue weighted by molar-refractivity contribution is 5.96. The molecule has 1 aliphatic heterocycles. The molecule has 1 aliphatic rings. The molecule has 1 heterocycles. The average Bonchev–Trinajstić information content (AvgIpc) is 2.52. The largest absolute Gasteiger partial charge is 0.389 e. The summed E-state index contributed by atoms with van der Waals surface area (Å²) in [6.45, 7) is 0.0524. The standard InChI is InChI=1S/C16H19F3N2O3/c17-16(18,19)8-6-11-4-1-2-5-12(11)13(22)21-9-3-7-15(24,10-21)14(20)23/h1-2,4-5,24H,3,6-10H2,(H2,20,23)/t15-/m0/s1. The van der Waals surface area contributed by atoms with Crippen molar-refractivity contribution in [2.75, 3.05) is 13.1 Å². The number of nitrogens with two attached hydrogens (primary N) is 1. The molecule has 2 rings (SSSR count). The molecule has 0 spiro atoms. The lowest BCUT2D eigenvalue weighted by Crippen LogP contribution is -2.57. The number of hydrogen-bond acceptors (Lipinski definition) is 3. The second-order valence-corrected chi connectivity index (χ2v) is 6.00. The van der Waals surface area contributed by atoms with Gasteiger partial charge in [-0.2, -0.15) is 13.2 Å². The number of likely N-dealkylation sites (tertiary alicyclic amines) is 1. The zero-order valence-electron chi connectivity index (χ0n) is 13.0. The minimum atomic E-state index is -4.31. The van der Waals surface area contributed by atoms with Gasteiger partial charge in [0.15, 0.2) is 5.60 Å². The molecular weight excluding hydrogens is 325 g/mol. The van der Waals surface area contributed by atoms with Crippen LogP contribution in [0.4, 0.5) is 13.2 Å². The van der Waals surface area contributed by atoms with Gasteiger partial charge >= 0.3 is 6.18 Å². The van der Waals surface area contributed by atoms with Crippen molar-refractivity contribution in [1.82, 2.24) is 4.90 Å². The number of halogens is 3. The summed E-state index contributed by atoms with van der Waals surface area (Å²) in [7, 11) is 0. The van der Waals surface area contributed by atoms with Gasteiger partial charge in [0.2, 0.25) is 0 Å². The maximum atomic E-state index is 12.6. The minimum Gasteiger partial charge on any atom is -0.378 e. The van der Waals surface area contributed by atoms with Crippen LogP contribution in [0.25, 0.3) is 0 Å². The Kier molecular flexibility index (Phi) is 5.17. The van der Waals surface area contributed by atoms with Gasteiger partial charge in [0.05, 0.1) is 6.54 Å². The van der Waals surface area contributed by atoms with Crippen LogP contribution in [0, 0.1) is 0 Å². The van der Waals surface area contributed by atoms with E-state index in [1.54, 1.807) is 12.1 Å². The van der Waals surface area contributed by atoms with E-state index in [4.69, 9.17) is 5.73 Å². The third kappa shape index (κ3) is 4.25. The molecule has 1 aromatic rings. The molecular formula is C16H19F3N2O3. The first-order valence-corrected chi connectivity index (χ1v) is 7.59. The molecule has 8 heteroatoms. The number of rotatable bonds is 4. The van der Waals surface area contributed by atoms with Crippen LogP contribution in [0.5, 0.6) is 0 Å². The molecule has 5 nitrogen and oxygen atoms in total. The van der Waals surface area contributed by atoms with Crippen LogP contribution < -0.4 is 5.73 Å². The van der Waals surface area contributed by atoms with E-state index >= 15 is 0 Å². The van der Waals surface area contributed by atoms with Crippen molar-refractivity contribution in [1.29, 1.82) is 0 Å². The predicted molar refractivity (Wildman–Crippen MR) is 80.1 cm³/mol. The first-order chi connectivity index (χ1) is 11.1. The highest BCUT2D eigenvalue weighted by Crippen LogP contribution is 2.26. The fraction of sp³-hybridized carbons (Fsp3) is 0.500. The van der Waals surface area contributed by atoms with Crippen molar-refractivity contribution in [3.63, 3.8) is 0 Å². The van der Waals surface area contributed by atoms with Crippen LogP contribution in [-0.4, -0.2) is 46.7 Å². The molecule has 1 saturated heterocycles. The van der Waals surface area contributed by atoms with Gasteiger partial charge in [0.25, 0.3) is 11.8 Å². The summed E-state index contributed by atoms with van der Waals surface area (Å²) in [6, 6.07) is 6.06. The van der Waals surface area contributed by atoms with Crippen LogP contribution in [0.15, 0.2) is 24.3 Å². The van der Waals surface area contributed by atoms with Gasteiger partial charge in [0, 0.05) is 18.5 Å². The lowest BCUT2D eigenvalue weighted by atomic mass is 9.91. The van der Waals surface area contributed by atoms with Gasteiger partial charge in [-0.25, -0.2) is 0 Å². The van der Waals surface area contributed by atoms with E-state index in [1.807, 2.05) is 0 Å². The second kappa shape index (κ2) is 6.80. The third-order valence-corrected chi connectivity index (χ3v) is 4.14. The van der Waals surface area contributed by atoms with E-state index in [9.17, 15) is 27.9 Å². The summed E-state index contributed by atoms with van der Waals surface area (Å²) in [4.78, 5) is 25.3. The molecule has 1 fully saturated rings. The predicted octanol–water partition coefficient (Wildman–Crippen LogP) is 1.63. The Balaban J connectivity index is 2.19. The average molecular weight is 344 g/mol. The quantitative estimate of drug-likeness (QED) is 0.871. The SMILES string of the molecule is NC(=O)[C@]1(O)CCCN(C(=O)c2ccccc2CCC(F)(F)F)C1. The Bertz CT molecular complexity index is 633. The highest BCUT2D eigenvalue weighted by atomic mass is 19.4. The lowest BCUT2D eigenvalue weighted by Gasteiger charge is -2.37. The Morgan fingerprint density at radius 3 is 2.58 bits per heavy atom. The number of carbonyl (C=O) groups is 2. The monoisotopic (exact) mass is 344 g/mol. The molecule has 2 amide bonds. The van der Waals surface area contributed by atoms with E-state index in [2.05, 4.69) is 0 Å². The van der Waals surface area contributed by atoms with Gasteiger partial charge in [-0.1, -0.05) is 18.2 Å². The van der Waals surface area contributed by atoms with Gasteiger partial charge < -0.3 is 15.7 Å². The first kappa shape index (κ1) is 18.3. The molecule has 24 heavy (non-hydrogen) atoms. The number of benzene rings is 1. The van der Waals surface area contributed by atoms with Gasteiger partial charge in [-0.15, -0.1) is 0 Å². The van der Waals surface area contributed by atoms with Crippen molar-refractivity contribution >= 4 is 11.8 Å². The molecule has 0 saturated carbocycles. The third-order valence-electron chi connectivity index (χ3n) is 4.14. The Labute approximate surface area is 137 Å². The van der Waals surface area contributed by atoms with E-state index < -0.39 is 30.0 Å². The number of aryl methyl sites for hydroxylation is 1. The van der Waals surface area contributed by atoms with E-state index in [1.165, 1.54) is 17.0 Å². The van der Waals surface area contributed by atoms with Crippen LogP contribution in [0.1, 0.15) is 35.2 Å². The number of β-amino-alcohol motifs (C(OH)–C–C–N with tert-alkyl or cyclic N) is 1. The van der Waals surface area contributed by atoms with Crippen LogP contribution >= 0.6 is 0 Å². The van der Waals surface area contributed by atoms with Crippen LogP contribution in [0.2, 0.25) is 0 Å². The summed E-state index contributed by atoms with van der Waals surface area (Å²) >= 11 is 0. The number of hydrogen-bond donors (Lipinski definition) is 2. The van der Waals surface area contributed by atoms with Crippen LogP contribution in [0.3, 0.4) is 0 Å². The molecule has 0 unspecified atom stereocenters. The van der Waals surface area contributed by atoms with Crippen LogP contribution in [-0.2, 0) is 11.2 Å². The maximum absolute atomic E-state index is 12.6. The minimum absolute atomic E-state index is 0.149. The van der Waals surface area contributed by atoms with Crippen molar-refractivity contribution < 1.29 is 27.9 Å². The summed E-state index contributed by atoms with van der Waals surface area (Å²) in [5.74, 6) is -1.42. The summed E-state index contributed by atoms with van der Waals surface area (Å²) in [5, 5.41) is 10.2. The number of amides is 2. The van der Waals surface area contributed by atoms with Crippen molar-refractivity contribution in [3.05, 3.63) is 35.4 Å². The Morgan fingerprint density at radius 2 is 1.96 bits per heavy atom. The molecule has 0 bridgehead atoms. The van der Waals surface area contributed by atoms with Gasteiger partial charge in [-0.05, 0) is 30.9 Å². The Hall–Kier alpha value is -2.09. The molecule has 1 aromatic carbocycles. The molecule has 132 valence electrons.